The van der Waals surface area contributed by atoms with E-state index >= 15 is 0 Å². The number of hydrogen-bond donors (Lipinski definition) is 1. The molecule has 0 saturated carbocycles. The van der Waals surface area contributed by atoms with Crippen LogP contribution in [0.1, 0.15) is 33.3 Å². The maximum absolute atomic E-state index is 12.6. The molecule has 4 rings (SSSR count). The van der Waals surface area contributed by atoms with Gasteiger partial charge in [0.25, 0.3) is 11.8 Å². The van der Waals surface area contributed by atoms with E-state index in [0.29, 0.717) is 37.6 Å². The van der Waals surface area contributed by atoms with Crippen molar-refractivity contribution in [3.05, 3.63) is 83.1 Å². The largest absolute Gasteiger partial charge is 0.483 e. The smallest absolute Gasteiger partial charge is 0.260 e. The second-order valence-corrected chi connectivity index (χ2v) is 6.85. The Morgan fingerprint density at radius 2 is 1.86 bits per heavy atom. The van der Waals surface area contributed by atoms with E-state index < -0.39 is 5.91 Å². The summed E-state index contributed by atoms with van der Waals surface area (Å²) in [5.41, 5.74) is 7.51. The molecule has 2 amide bonds. The van der Waals surface area contributed by atoms with Crippen LogP contribution in [0.25, 0.3) is 0 Å². The third kappa shape index (κ3) is 4.29. The second kappa shape index (κ2) is 8.18. The van der Waals surface area contributed by atoms with Crippen molar-refractivity contribution in [3.8, 4) is 5.75 Å². The molecule has 2 heterocycles. The summed E-state index contributed by atoms with van der Waals surface area (Å²) in [5, 5.41) is 0. The summed E-state index contributed by atoms with van der Waals surface area (Å²) < 4.78 is 11.4. The summed E-state index contributed by atoms with van der Waals surface area (Å²) in [6.45, 7) is 0.744. The Kier molecular flexibility index (Phi) is 5.29. The lowest BCUT2D eigenvalue weighted by molar-refractivity contribution is -0.134. The summed E-state index contributed by atoms with van der Waals surface area (Å²) in [5.74, 6) is 1.02. The highest BCUT2D eigenvalue weighted by atomic mass is 16.5. The number of primary amides is 1. The Morgan fingerprint density at radius 3 is 2.66 bits per heavy atom. The lowest BCUT2D eigenvalue weighted by Gasteiger charge is -2.25. The first kappa shape index (κ1) is 18.7. The predicted octanol–water partition coefficient (Wildman–Crippen LogP) is 2.33. The van der Waals surface area contributed by atoms with Gasteiger partial charge in [0, 0.05) is 19.4 Å². The second-order valence-electron chi connectivity index (χ2n) is 6.85. The number of para-hydroxylation sites is 1. The molecule has 0 unspecified atom stereocenters. The van der Waals surface area contributed by atoms with Gasteiger partial charge >= 0.3 is 0 Å². The molecule has 0 spiro atoms. The molecular formula is C22H21N3O4. The van der Waals surface area contributed by atoms with Crippen LogP contribution >= 0.6 is 0 Å². The van der Waals surface area contributed by atoms with E-state index in [-0.39, 0.29) is 18.1 Å². The Morgan fingerprint density at radius 1 is 1.10 bits per heavy atom. The number of carbonyl (C=O) groups excluding carboxylic acids is 2. The van der Waals surface area contributed by atoms with Crippen molar-refractivity contribution >= 4 is 11.8 Å². The monoisotopic (exact) mass is 391 g/mol. The van der Waals surface area contributed by atoms with Crippen molar-refractivity contribution in [2.24, 2.45) is 5.73 Å². The van der Waals surface area contributed by atoms with Crippen LogP contribution in [0.4, 0.5) is 0 Å². The van der Waals surface area contributed by atoms with Crippen LogP contribution in [-0.2, 0) is 24.2 Å². The summed E-state index contributed by atoms with van der Waals surface area (Å²) >= 11 is 0. The third-order valence-electron chi connectivity index (χ3n) is 4.83. The summed E-state index contributed by atoms with van der Waals surface area (Å²) in [4.78, 5) is 30.3. The maximum atomic E-state index is 12.6. The molecule has 0 bridgehead atoms. The zero-order chi connectivity index (χ0) is 20.2. The first-order chi connectivity index (χ1) is 14.1. The number of nitrogens with zero attached hydrogens (tertiary/aromatic N) is 2. The van der Waals surface area contributed by atoms with Gasteiger partial charge in [-0.2, -0.15) is 0 Å². The fourth-order valence-electron chi connectivity index (χ4n) is 3.34. The van der Waals surface area contributed by atoms with Crippen LogP contribution in [0.5, 0.6) is 5.75 Å². The van der Waals surface area contributed by atoms with E-state index in [1.165, 1.54) is 0 Å². The zero-order valence-corrected chi connectivity index (χ0v) is 15.8. The number of oxazole rings is 1. The number of aromatic nitrogens is 1. The summed E-state index contributed by atoms with van der Waals surface area (Å²) in [7, 11) is 0. The zero-order valence-electron chi connectivity index (χ0n) is 15.8. The van der Waals surface area contributed by atoms with Gasteiger partial charge in [0.1, 0.15) is 17.2 Å². The minimum absolute atomic E-state index is 0.172. The van der Waals surface area contributed by atoms with Crippen LogP contribution < -0.4 is 10.5 Å². The van der Waals surface area contributed by atoms with Gasteiger partial charge in [-0.15, -0.1) is 0 Å². The van der Waals surface area contributed by atoms with Crippen LogP contribution in [-0.4, -0.2) is 34.8 Å². The first-order valence-electron chi connectivity index (χ1n) is 9.41. The maximum Gasteiger partial charge on any atom is 0.260 e. The van der Waals surface area contributed by atoms with Gasteiger partial charge in [0.15, 0.2) is 12.5 Å². The number of rotatable bonds is 6. The molecule has 0 radical (unpaired) electrons. The predicted molar refractivity (Wildman–Crippen MR) is 105 cm³/mol. The Labute approximate surface area is 168 Å². The fraction of sp³-hybridized carbons (Fsp3) is 0.227. The minimum Gasteiger partial charge on any atom is -0.483 e. The molecule has 1 aromatic heterocycles. The average Bonchev–Trinajstić information content (AvgIpc) is 3.14. The SMILES string of the molecule is NC(=O)c1ccccc1OCC(=O)N1CCc2oc(Cc3ccccc3)nc2C1. The van der Waals surface area contributed by atoms with E-state index in [9.17, 15) is 9.59 Å². The Hall–Kier alpha value is -3.61. The van der Waals surface area contributed by atoms with Gasteiger partial charge in [-0.1, -0.05) is 42.5 Å². The van der Waals surface area contributed by atoms with Crippen LogP contribution in [0.3, 0.4) is 0 Å². The van der Waals surface area contributed by atoms with Crippen LogP contribution in [0.15, 0.2) is 59.0 Å². The molecule has 0 fully saturated rings. The van der Waals surface area contributed by atoms with Crippen molar-refractivity contribution in [1.29, 1.82) is 0 Å². The molecule has 1 aliphatic heterocycles. The quantitative estimate of drug-likeness (QED) is 0.695. The van der Waals surface area contributed by atoms with Crippen molar-refractivity contribution < 1.29 is 18.7 Å². The Balaban J connectivity index is 1.38. The van der Waals surface area contributed by atoms with Crippen LogP contribution in [0, 0.1) is 0 Å². The molecule has 148 valence electrons. The number of hydrogen-bond acceptors (Lipinski definition) is 5. The number of ether oxygens (including phenoxy) is 1. The molecule has 3 aromatic rings. The normalized spacial score (nSPS) is 13.0. The number of fused-ring (bicyclic) bond motifs is 1. The van der Waals surface area contributed by atoms with Gasteiger partial charge in [0.2, 0.25) is 0 Å². The lowest BCUT2D eigenvalue weighted by atomic mass is 10.1. The molecule has 0 saturated heterocycles. The average molecular weight is 391 g/mol. The van der Waals surface area contributed by atoms with E-state index in [1.807, 2.05) is 30.3 Å². The molecule has 2 N–H and O–H groups in total. The van der Waals surface area contributed by atoms with Crippen molar-refractivity contribution in [3.63, 3.8) is 0 Å². The molecule has 7 nitrogen and oxygen atoms in total. The van der Waals surface area contributed by atoms with Gasteiger partial charge in [0.05, 0.1) is 12.1 Å². The number of benzene rings is 2. The first-order valence-corrected chi connectivity index (χ1v) is 9.41. The number of amides is 2. The highest BCUT2D eigenvalue weighted by molar-refractivity contribution is 5.95. The standard InChI is InChI=1S/C22H21N3O4/c23-22(27)16-8-4-5-9-18(16)28-14-21(26)25-11-10-19-17(13-25)24-20(29-19)12-15-6-2-1-3-7-15/h1-9H,10-14H2,(H2,23,27). The van der Waals surface area contributed by atoms with E-state index in [1.54, 1.807) is 29.2 Å². The highest BCUT2D eigenvalue weighted by Gasteiger charge is 2.26. The summed E-state index contributed by atoms with van der Waals surface area (Å²) in [6, 6.07) is 16.6. The van der Waals surface area contributed by atoms with Crippen molar-refractivity contribution in [2.45, 2.75) is 19.4 Å². The summed E-state index contributed by atoms with van der Waals surface area (Å²) in [6.07, 6.45) is 1.23. The lowest BCUT2D eigenvalue weighted by Crippen LogP contribution is -2.38. The van der Waals surface area contributed by atoms with Gasteiger partial charge in [-0.25, -0.2) is 4.98 Å². The molecule has 0 atom stereocenters. The molecule has 7 heteroatoms. The number of nitrogens with two attached hydrogens (primary N) is 1. The van der Waals surface area contributed by atoms with Crippen LogP contribution in [0.2, 0.25) is 0 Å². The molecule has 0 aliphatic carbocycles. The molecule has 2 aromatic carbocycles. The van der Waals surface area contributed by atoms with E-state index in [4.69, 9.17) is 14.9 Å². The topological polar surface area (TPSA) is 98.7 Å². The molecule has 29 heavy (non-hydrogen) atoms. The molecular weight excluding hydrogens is 370 g/mol. The third-order valence-corrected chi connectivity index (χ3v) is 4.83. The van der Waals surface area contributed by atoms with Gasteiger partial charge in [-0.05, 0) is 17.7 Å². The Bertz CT molecular complexity index is 1030. The number of carbonyl (C=O) groups is 2. The molecule has 1 aliphatic rings. The van der Waals surface area contributed by atoms with Gasteiger partial charge < -0.3 is 19.8 Å². The highest BCUT2D eigenvalue weighted by Crippen LogP contribution is 2.22. The minimum atomic E-state index is -0.593. The fourth-order valence-corrected chi connectivity index (χ4v) is 3.34. The van der Waals surface area contributed by atoms with E-state index in [2.05, 4.69) is 4.98 Å². The van der Waals surface area contributed by atoms with Gasteiger partial charge in [-0.3, -0.25) is 9.59 Å². The van der Waals surface area contributed by atoms with E-state index in [0.717, 1.165) is 17.0 Å². The van der Waals surface area contributed by atoms with Crippen molar-refractivity contribution in [1.82, 2.24) is 9.88 Å². The van der Waals surface area contributed by atoms with Crippen molar-refractivity contribution in [2.75, 3.05) is 13.2 Å².